The third-order valence-corrected chi connectivity index (χ3v) is 4.29. The highest BCUT2D eigenvalue weighted by atomic mass is 16.6. The highest BCUT2D eigenvalue weighted by molar-refractivity contribution is 6.05. The minimum atomic E-state index is -0.516. The van der Waals surface area contributed by atoms with Gasteiger partial charge in [0.2, 0.25) is 0 Å². The fourth-order valence-corrected chi connectivity index (χ4v) is 3.04. The lowest BCUT2D eigenvalue weighted by Gasteiger charge is -2.31. The first kappa shape index (κ1) is 16.9. The first-order chi connectivity index (χ1) is 12.0. The Morgan fingerprint density at radius 1 is 1.48 bits per heavy atom. The lowest BCUT2D eigenvalue weighted by molar-refractivity contribution is -0.384. The van der Waals surface area contributed by atoms with Crippen molar-refractivity contribution in [1.29, 1.82) is 0 Å². The van der Waals surface area contributed by atoms with E-state index < -0.39 is 4.92 Å². The maximum atomic E-state index is 12.8. The number of nitrogens with zero attached hydrogens (tertiary/aromatic N) is 3. The van der Waals surface area contributed by atoms with Gasteiger partial charge in [0.15, 0.2) is 5.69 Å². The number of carbonyl (C=O) groups excluding carboxylic acids is 2. The number of nitro groups is 1. The Kier molecular flexibility index (Phi) is 4.64. The smallest absolute Gasteiger partial charge is 0.310 e. The first-order valence-corrected chi connectivity index (χ1v) is 8.09. The Morgan fingerprint density at radius 3 is 3.00 bits per heavy atom. The van der Waals surface area contributed by atoms with E-state index in [-0.39, 0.29) is 35.7 Å². The number of hydrogen-bond acceptors (Lipinski definition) is 6. The van der Waals surface area contributed by atoms with Crippen molar-refractivity contribution in [1.82, 2.24) is 15.1 Å². The summed E-state index contributed by atoms with van der Waals surface area (Å²) in [5.41, 5.74) is 0.571. The summed E-state index contributed by atoms with van der Waals surface area (Å²) in [5, 5.41) is 18.1. The van der Waals surface area contributed by atoms with Gasteiger partial charge in [-0.2, -0.15) is 5.10 Å². The van der Waals surface area contributed by atoms with Crippen molar-refractivity contribution >= 4 is 28.5 Å². The predicted octanol–water partition coefficient (Wildman–Crippen LogP) is 1.89. The zero-order valence-electron chi connectivity index (χ0n) is 13.7. The van der Waals surface area contributed by atoms with Gasteiger partial charge < -0.3 is 9.64 Å². The average Bonchev–Trinajstić information content (AvgIpc) is 3.04. The van der Waals surface area contributed by atoms with E-state index in [4.69, 9.17) is 4.74 Å². The number of benzene rings is 1. The van der Waals surface area contributed by atoms with E-state index in [1.165, 1.54) is 18.2 Å². The zero-order valence-corrected chi connectivity index (χ0v) is 13.7. The van der Waals surface area contributed by atoms with Crippen LogP contribution in [0.2, 0.25) is 0 Å². The monoisotopic (exact) mass is 346 g/mol. The Labute approximate surface area is 143 Å². The summed E-state index contributed by atoms with van der Waals surface area (Å²) in [6.07, 6.45) is 1.37. The lowest BCUT2D eigenvalue weighted by atomic mass is 9.97. The number of H-pyrrole nitrogens is 1. The molecule has 1 atom stereocenters. The van der Waals surface area contributed by atoms with Crippen LogP contribution in [0.5, 0.6) is 0 Å². The number of rotatable bonds is 4. The normalized spacial score (nSPS) is 17.5. The highest BCUT2D eigenvalue weighted by Gasteiger charge is 2.31. The third kappa shape index (κ3) is 3.30. The molecule has 0 spiro atoms. The lowest BCUT2D eigenvalue weighted by Crippen LogP contribution is -2.43. The Morgan fingerprint density at radius 2 is 2.28 bits per heavy atom. The predicted molar refractivity (Wildman–Crippen MR) is 88.0 cm³/mol. The van der Waals surface area contributed by atoms with E-state index in [0.29, 0.717) is 36.9 Å². The number of carbonyl (C=O) groups is 2. The molecule has 1 aromatic heterocycles. The fraction of sp³-hybridized carbons (Fsp3) is 0.438. The molecule has 0 saturated carbocycles. The van der Waals surface area contributed by atoms with Gasteiger partial charge in [-0.3, -0.25) is 24.8 Å². The number of hydrogen-bond donors (Lipinski definition) is 1. The topological polar surface area (TPSA) is 118 Å². The Balaban J connectivity index is 1.85. The molecule has 1 saturated heterocycles. The summed E-state index contributed by atoms with van der Waals surface area (Å²) in [4.78, 5) is 36.7. The SMILES string of the molecule is CCOC(=O)C1CCCN(C(=O)c2n[nH]c3ccc([N+](=O)[O-])cc23)C1. The van der Waals surface area contributed by atoms with E-state index in [1.807, 2.05) is 0 Å². The molecule has 9 nitrogen and oxygen atoms in total. The summed E-state index contributed by atoms with van der Waals surface area (Å²) in [6, 6.07) is 4.21. The van der Waals surface area contributed by atoms with Crippen LogP contribution in [0.3, 0.4) is 0 Å². The second kappa shape index (κ2) is 6.88. The molecule has 1 unspecified atom stereocenters. The van der Waals surface area contributed by atoms with Gasteiger partial charge in [-0.25, -0.2) is 0 Å². The number of aromatic nitrogens is 2. The van der Waals surface area contributed by atoms with Crippen LogP contribution >= 0.6 is 0 Å². The molecule has 0 bridgehead atoms. The van der Waals surface area contributed by atoms with Crippen molar-refractivity contribution in [2.75, 3.05) is 19.7 Å². The molecule has 1 amide bonds. The standard InChI is InChI=1S/C16H18N4O5/c1-2-25-16(22)10-4-3-7-19(9-10)15(21)14-12-8-11(20(23)24)5-6-13(12)17-18-14/h5-6,8,10H,2-4,7,9H2,1H3,(H,17,18). The molecule has 3 rings (SSSR count). The molecule has 1 aliphatic heterocycles. The van der Waals surface area contributed by atoms with Crippen LogP contribution < -0.4 is 0 Å². The summed E-state index contributed by atoms with van der Waals surface area (Å²) < 4.78 is 5.04. The molecule has 1 aromatic carbocycles. The molecule has 1 N–H and O–H groups in total. The molecule has 0 radical (unpaired) electrons. The number of amides is 1. The Hall–Kier alpha value is -2.97. The molecule has 0 aliphatic carbocycles. The largest absolute Gasteiger partial charge is 0.466 e. The minimum Gasteiger partial charge on any atom is -0.466 e. The van der Waals surface area contributed by atoms with Gasteiger partial charge in [-0.1, -0.05) is 0 Å². The summed E-state index contributed by atoms with van der Waals surface area (Å²) >= 11 is 0. The first-order valence-electron chi connectivity index (χ1n) is 8.09. The van der Waals surface area contributed by atoms with Crippen LogP contribution in [-0.2, 0) is 9.53 Å². The number of nitrogens with one attached hydrogen (secondary N) is 1. The molecule has 132 valence electrons. The van der Waals surface area contributed by atoms with Gasteiger partial charge in [0.25, 0.3) is 11.6 Å². The molecular formula is C16H18N4O5. The maximum absolute atomic E-state index is 12.8. The van der Waals surface area contributed by atoms with Crippen molar-refractivity contribution in [3.8, 4) is 0 Å². The third-order valence-electron chi connectivity index (χ3n) is 4.29. The number of aromatic amines is 1. The van der Waals surface area contributed by atoms with Crippen LogP contribution in [0.25, 0.3) is 10.9 Å². The van der Waals surface area contributed by atoms with E-state index in [0.717, 1.165) is 0 Å². The van der Waals surface area contributed by atoms with Gasteiger partial charge >= 0.3 is 5.97 Å². The molecule has 2 heterocycles. The molecule has 2 aromatic rings. The van der Waals surface area contributed by atoms with Gasteiger partial charge in [-0.05, 0) is 25.8 Å². The quantitative estimate of drug-likeness (QED) is 0.513. The minimum absolute atomic E-state index is 0.106. The van der Waals surface area contributed by atoms with Crippen LogP contribution in [0.1, 0.15) is 30.3 Å². The van der Waals surface area contributed by atoms with Crippen LogP contribution in [0.4, 0.5) is 5.69 Å². The van der Waals surface area contributed by atoms with Crippen molar-refractivity contribution in [2.45, 2.75) is 19.8 Å². The van der Waals surface area contributed by atoms with Crippen LogP contribution in [0.15, 0.2) is 18.2 Å². The average molecular weight is 346 g/mol. The summed E-state index contributed by atoms with van der Waals surface area (Å²) in [6.45, 7) is 2.82. The number of nitro benzene ring substituents is 1. The van der Waals surface area contributed by atoms with Gasteiger partial charge in [-0.15, -0.1) is 0 Å². The van der Waals surface area contributed by atoms with E-state index in [9.17, 15) is 19.7 Å². The van der Waals surface area contributed by atoms with Crippen molar-refractivity contribution in [3.63, 3.8) is 0 Å². The summed E-state index contributed by atoms with van der Waals surface area (Å²) in [7, 11) is 0. The fourth-order valence-electron chi connectivity index (χ4n) is 3.04. The number of likely N-dealkylation sites (tertiary alicyclic amines) is 1. The van der Waals surface area contributed by atoms with Crippen LogP contribution in [0, 0.1) is 16.0 Å². The van der Waals surface area contributed by atoms with Gasteiger partial charge in [0.1, 0.15) is 0 Å². The highest BCUT2D eigenvalue weighted by Crippen LogP contribution is 2.25. The van der Waals surface area contributed by atoms with E-state index in [2.05, 4.69) is 10.2 Å². The summed E-state index contributed by atoms with van der Waals surface area (Å²) in [5.74, 6) is -1.000. The number of non-ortho nitro benzene ring substituents is 1. The number of esters is 1. The van der Waals surface area contributed by atoms with Gasteiger partial charge in [0.05, 0.1) is 23.0 Å². The van der Waals surface area contributed by atoms with E-state index >= 15 is 0 Å². The molecular weight excluding hydrogens is 328 g/mol. The van der Waals surface area contributed by atoms with Crippen molar-refractivity contribution in [3.05, 3.63) is 34.0 Å². The molecule has 25 heavy (non-hydrogen) atoms. The number of fused-ring (bicyclic) bond motifs is 1. The number of ether oxygens (including phenoxy) is 1. The Bertz CT molecular complexity index is 831. The van der Waals surface area contributed by atoms with Gasteiger partial charge in [0, 0.05) is 30.6 Å². The van der Waals surface area contributed by atoms with Crippen molar-refractivity contribution < 1.29 is 19.2 Å². The second-order valence-corrected chi connectivity index (χ2v) is 5.90. The van der Waals surface area contributed by atoms with Crippen LogP contribution in [-0.4, -0.2) is 51.6 Å². The van der Waals surface area contributed by atoms with Crippen molar-refractivity contribution in [2.24, 2.45) is 5.92 Å². The molecule has 1 fully saturated rings. The maximum Gasteiger partial charge on any atom is 0.310 e. The molecule has 1 aliphatic rings. The van der Waals surface area contributed by atoms with E-state index in [1.54, 1.807) is 11.8 Å². The second-order valence-electron chi connectivity index (χ2n) is 5.90. The number of piperidine rings is 1. The molecule has 9 heteroatoms. The zero-order chi connectivity index (χ0) is 18.0.